The van der Waals surface area contributed by atoms with Gasteiger partial charge in [0.25, 0.3) is 5.56 Å². The minimum absolute atomic E-state index is 0.00194. The first-order chi connectivity index (χ1) is 17.3. The number of para-hydroxylation sites is 1. The monoisotopic (exact) mass is 496 g/mol. The Kier molecular flexibility index (Phi) is 7.91. The van der Waals surface area contributed by atoms with Crippen LogP contribution in [0, 0.1) is 5.92 Å². The molecule has 4 rings (SSSR count). The average Bonchev–Trinajstić information content (AvgIpc) is 2.87. The SMILES string of the molecule is COCc1cc(=O)c(O)c([C@@H](CC(=O)N2CCOCC2)c2cc3ccccc3n(CC(C)C)c2=O)o1. The molecular weight excluding hydrogens is 464 g/mol. The van der Waals surface area contributed by atoms with E-state index in [1.165, 1.54) is 7.11 Å². The van der Waals surface area contributed by atoms with E-state index in [2.05, 4.69) is 0 Å². The molecule has 3 heterocycles. The van der Waals surface area contributed by atoms with Gasteiger partial charge in [-0.15, -0.1) is 0 Å². The van der Waals surface area contributed by atoms with E-state index in [1.54, 1.807) is 15.5 Å². The normalized spacial score (nSPS) is 14.9. The first-order valence-electron chi connectivity index (χ1n) is 12.1. The minimum Gasteiger partial charge on any atom is -0.502 e. The number of carbonyl (C=O) groups excluding carboxylic acids is 1. The van der Waals surface area contributed by atoms with Crippen LogP contribution in [0.4, 0.5) is 0 Å². The number of aromatic hydroxyl groups is 1. The van der Waals surface area contributed by atoms with Crippen LogP contribution in [0.3, 0.4) is 0 Å². The highest BCUT2D eigenvalue weighted by molar-refractivity contribution is 5.81. The predicted octanol–water partition coefficient (Wildman–Crippen LogP) is 2.84. The van der Waals surface area contributed by atoms with Crippen molar-refractivity contribution in [2.75, 3.05) is 33.4 Å². The molecule has 1 aliphatic rings. The number of morpholine rings is 1. The van der Waals surface area contributed by atoms with Gasteiger partial charge in [-0.1, -0.05) is 32.0 Å². The first kappa shape index (κ1) is 25.7. The predicted molar refractivity (Wildman–Crippen MR) is 134 cm³/mol. The molecule has 0 radical (unpaired) electrons. The zero-order valence-corrected chi connectivity index (χ0v) is 20.9. The fraction of sp³-hybridized carbons (Fsp3) is 0.444. The van der Waals surface area contributed by atoms with E-state index < -0.39 is 17.1 Å². The summed E-state index contributed by atoms with van der Waals surface area (Å²) in [5.74, 6) is -1.53. The number of fused-ring (bicyclic) bond motifs is 1. The van der Waals surface area contributed by atoms with Gasteiger partial charge < -0.3 is 28.5 Å². The molecule has 0 bridgehead atoms. The minimum atomic E-state index is -0.972. The van der Waals surface area contributed by atoms with Gasteiger partial charge in [-0.2, -0.15) is 0 Å². The van der Waals surface area contributed by atoms with Crippen LogP contribution in [0.2, 0.25) is 0 Å². The molecule has 0 spiro atoms. The highest BCUT2D eigenvalue weighted by atomic mass is 16.5. The number of nitrogens with zero attached hydrogens (tertiary/aromatic N) is 2. The summed E-state index contributed by atoms with van der Waals surface area (Å²) in [6, 6.07) is 10.4. The molecule has 1 N–H and O–H groups in total. The van der Waals surface area contributed by atoms with Crippen molar-refractivity contribution < 1.29 is 23.8 Å². The van der Waals surface area contributed by atoms with Crippen LogP contribution in [0.25, 0.3) is 10.9 Å². The molecule has 1 fully saturated rings. The largest absolute Gasteiger partial charge is 0.502 e. The van der Waals surface area contributed by atoms with Gasteiger partial charge in [-0.05, 0) is 23.4 Å². The van der Waals surface area contributed by atoms with Crippen LogP contribution < -0.4 is 11.0 Å². The summed E-state index contributed by atoms with van der Waals surface area (Å²) in [5.41, 5.74) is 0.109. The topological polar surface area (TPSA) is 111 Å². The number of benzene rings is 1. The Balaban J connectivity index is 1.92. The average molecular weight is 497 g/mol. The summed E-state index contributed by atoms with van der Waals surface area (Å²) in [6.07, 6.45) is -0.151. The Bertz CT molecular complexity index is 1350. The number of amides is 1. The molecule has 9 nitrogen and oxygen atoms in total. The van der Waals surface area contributed by atoms with Crippen molar-refractivity contribution in [3.05, 3.63) is 74.1 Å². The standard InChI is InChI=1S/C27H32N2O7/c1-17(2)15-29-22-7-5-4-6-18(22)12-21(27(29)33)20(14-24(31)28-8-10-35-11-9-28)26-25(32)23(30)13-19(36-26)16-34-3/h4-7,12-13,17,20,32H,8-11,14-16H2,1-3H3/t20-/m0/s1. The van der Waals surface area contributed by atoms with Crippen LogP contribution in [-0.4, -0.2) is 53.9 Å². The van der Waals surface area contributed by atoms with Crippen LogP contribution in [0.1, 0.15) is 43.3 Å². The van der Waals surface area contributed by atoms with Crippen molar-refractivity contribution in [2.24, 2.45) is 5.92 Å². The fourth-order valence-corrected chi connectivity index (χ4v) is 4.61. The van der Waals surface area contributed by atoms with Crippen molar-refractivity contribution in [2.45, 2.75) is 39.3 Å². The number of rotatable bonds is 8. The molecule has 2 aromatic heterocycles. The van der Waals surface area contributed by atoms with Gasteiger partial charge in [0.05, 0.1) is 24.6 Å². The number of ether oxygens (including phenoxy) is 2. The Morgan fingerprint density at radius 2 is 1.86 bits per heavy atom. The van der Waals surface area contributed by atoms with E-state index in [-0.39, 0.29) is 47.5 Å². The van der Waals surface area contributed by atoms with Crippen molar-refractivity contribution in [1.82, 2.24) is 9.47 Å². The van der Waals surface area contributed by atoms with Gasteiger partial charge in [0.1, 0.15) is 12.4 Å². The maximum atomic E-state index is 13.9. The maximum absolute atomic E-state index is 13.9. The van der Waals surface area contributed by atoms with Gasteiger partial charge in [-0.25, -0.2) is 0 Å². The Morgan fingerprint density at radius 1 is 1.14 bits per heavy atom. The van der Waals surface area contributed by atoms with Gasteiger partial charge in [-0.3, -0.25) is 14.4 Å². The summed E-state index contributed by atoms with van der Waals surface area (Å²) in [6.45, 7) is 6.23. The van der Waals surface area contributed by atoms with E-state index in [0.29, 0.717) is 32.8 Å². The van der Waals surface area contributed by atoms with Crippen LogP contribution >= 0.6 is 0 Å². The third-order valence-corrected chi connectivity index (χ3v) is 6.30. The lowest BCUT2D eigenvalue weighted by molar-refractivity contribution is -0.135. The second-order valence-corrected chi connectivity index (χ2v) is 9.44. The molecule has 192 valence electrons. The van der Waals surface area contributed by atoms with Crippen LogP contribution in [0.15, 0.2) is 50.4 Å². The van der Waals surface area contributed by atoms with E-state index in [1.807, 2.05) is 38.1 Å². The summed E-state index contributed by atoms with van der Waals surface area (Å²) in [4.78, 5) is 41.5. The smallest absolute Gasteiger partial charge is 0.255 e. The molecule has 1 atom stereocenters. The van der Waals surface area contributed by atoms with Gasteiger partial charge in [0.2, 0.25) is 17.1 Å². The lowest BCUT2D eigenvalue weighted by Crippen LogP contribution is -2.41. The molecule has 0 saturated carbocycles. The molecule has 0 unspecified atom stereocenters. The van der Waals surface area contributed by atoms with E-state index >= 15 is 0 Å². The van der Waals surface area contributed by atoms with Crippen molar-refractivity contribution in [3.63, 3.8) is 0 Å². The number of hydrogen-bond donors (Lipinski definition) is 1. The first-order valence-corrected chi connectivity index (χ1v) is 12.1. The van der Waals surface area contributed by atoms with Crippen molar-refractivity contribution in [1.29, 1.82) is 0 Å². The van der Waals surface area contributed by atoms with Crippen molar-refractivity contribution >= 4 is 16.8 Å². The molecule has 1 saturated heterocycles. The summed E-state index contributed by atoms with van der Waals surface area (Å²) in [5, 5.41) is 11.6. The molecule has 36 heavy (non-hydrogen) atoms. The number of pyridine rings is 1. The number of methoxy groups -OCH3 is 1. The number of hydrogen-bond acceptors (Lipinski definition) is 7. The number of carbonyl (C=O) groups is 1. The molecule has 9 heteroatoms. The Hall–Kier alpha value is -3.43. The molecule has 1 aliphatic heterocycles. The molecular formula is C27H32N2O7. The maximum Gasteiger partial charge on any atom is 0.255 e. The van der Waals surface area contributed by atoms with E-state index in [0.717, 1.165) is 17.0 Å². The van der Waals surface area contributed by atoms with E-state index in [9.17, 15) is 19.5 Å². The molecule has 3 aromatic rings. The summed E-state index contributed by atoms with van der Waals surface area (Å²) >= 11 is 0. The zero-order chi connectivity index (χ0) is 25.8. The Labute approximate surface area is 208 Å². The second kappa shape index (κ2) is 11.1. The van der Waals surface area contributed by atoms with Gasteiger partial charge in [0.15, 0.2) is 5.76 Å². The lowest BCUT2D eigenvalue weighted by Gasteiger charge is -2.28. The van der Waals surface area contributed by atoms with Gasteiger partial charge in [0, 0.05) is 44.8 Å². The lowest BCUT2D eigenvalue weighted by atomic mass is 9.91. The molecule has 0 aliphatic carbocycles. The highest BCUT2D eigenvalue weighted by Gasteiger charge is 2.31. The van der Waals surface area contributed by atoms with Crippen molar-refractivity contribution in [3.8, 4) is 5.75 Å². The number of aromatic nitrogens is 1. The quantitative estimate of drug-likeness (QED) is 0.510. The third-order valence-electron chi connectivity index (χ3n) is 6.30. The van der Waals surface area contributed by atoms with Crippen LogP contribution in [-0.2, 0) is 27.4 Å². The highest BCUT2D eigenvalue weighted by Crippen LogP contribution is 2.33. The van der Waals surface area contributed by atoms with Crippen LogP contribution in [0.5, 0.6) is 5.75 Å². The van der Waals surface area contributed by atoms with E-state index in [4.69, 9.17) is 13.9 Å². The Morgan fingerprint density at radius 3 is 2.56 bits per heavy atom. The molecule has 1 amide bonds. The second-order valence-electron chi connectivity index (χ2n) is 9.44. The fourth-order valence-electron chi connectivity index (χ4n) is 4.61. The molecule has 1 aromatic carbocycles. The summed E-state index contributed by atoms with van der Waals surface area (Å²) < 4.78 is 18.1. The van der Waals surface area contributed by atoms with Gasteiger partial charge >= 0.3 is 0 Å². The third kappa shape index (κ3) is 5.37. The zero-order valence-electron chi connectivity index (χ0n) is 20.9. The summed E-state index contributed by atoms with van der Waals surface area (Å²) in [7, 11) is 1.46.